The van der Waals surface area contributed by atoms with Crippen LogP contribution in [0.1, 0.15) is 18.5 Å². The van der Waals surface area contributed by atoms with Crippen molar-refractivity contribution in [2.45, 2.75) is 23.8 Å². The lowest BCUT2D eigenvalue weighted by Crippen LogP contribution is -2.35. The Kier molecular flexibility index (Phi) is 5.64. The van der Waals surface area contributed by atoms with Crippen LogP contribution in [0.25, 0.3) is 0 Å². The van der Waals surface area contributed by atoms with E-state index in [0.717, 1.165) is 25.9 Å². The van der Waals surface area contributed by atoms with Crippen molar-refractivity contribution in [3.8, 4) is 6.07 Å². The van der Waals surface area contributed by atoms with Gasteiger partial charge in [-0.1, -0.05) is 0 Å². The number of sulfonamides is 1. The number of nitriles is 1. The van der Waals surface area contributed by atoms with E-state index in [1.165, 1.54) is 18.3 Å². The molecule has 1 fully saturated rings. The number of pyridine rings is 1. The summed E-state index contributed by atoms with van der Waals surface area (Å²) in [4.78, 5) is 3.64. The Hall–Kier alpha value is -1.53. The monoisotopic (exact) mass is 310 g/mol. The zero-order chi connectivity index (χ0) is 15.1. The van der Waals surface area contributed by atoms with Crippen LogP contribution in [0.15, 0.2) is 23.2 Å². The standard InChI is InChI=1S/C13H18N4O3S/c14-10-12-13(2-1-5-16-12)21(18,19)17-8-9-20-11-3-6-15-7-4-11/h1-2,5,11,15,17H,3-4,6-9H2. The van der Waals surface area contributed by atoms with Gasteiger partial charge in [0.05, 0.1) is 12.7 Å². The van der Waals surface area contributed by atoms with Gasteiger partial charge in [-0.3, -0.25) is 0 Å². The van der Waals surface area contributed by atoms with Crippen LogP contribution < -0.4 is 10.0 Å². The molecule has 0 amide bonds. The zero-order valence-electron chi connectivity index (χ0n) is 11.6. The summed E-state index contributed by atoms with van der Waals surface area (Å²) in [6.07, 6.45) is 3.45. The second-order valence-corrected chi connectivity index (χ2v) is 6.42. The Balaban J connectivity index is 1.85. The maximum absolute atomic E-state index is 12.1. The van der Waals surface area contributed by atoms with Crippen molar-refractivity contribution in [1.82, 2.24) is 15.0 Å². The van der Waals surface area contributed by atoms with Crippen LogP contribution in [-0.2, 0) is 14.8 Å². The number of hydrogen-bond acceptors (Lipinski definition) is 6. The average Bonchev–Trinajstić information content (AvgIpc) is 2.52. The second kappa shape index (κ2) is 7.47. The van der Waals surface area contributed by atoms with Crippen molar-refractivity contribution in [2.24, 2.45) is 0 Å². The first kappa shape index (κ1) is 15.9. The molecule has 2 rings (SSSR count). The maximum atomic E-state index is 12.1. The summed E-state index contributed by atoms with van der Waals surface area (Å²) in [5.74, 6) is 0. The Morgan fingerprint density at radius 1 is 1.48 bits per heavy atom. The summed E-state index contributed by atoms with van der Waals surface area (Å²) in [5, 5.41) is 12.1. The third kappa shape index (κ3) is 4.47. The minimum Gasteiger partial charge on any atom is -0.377 e. The van der Waals surface area contributed by atoms with Crippen LogP contribution in [0, 0.1) is 11.3 Å². The lowest BCUT2D eigenvalue weighted by Gasteiger charge is -2.22. The Bertz CT molecular complexity index is 606. The van der Waals surface area contributed by atoms with Gasteiger partial charge < -0.3 is 10.1 Å². The van der Waals surface area contributed by atoms with E-state index in [9.17, 15) is 8.42 Å². The quantitative estimate of drug-likeness (QED) is 0.717. The van der Waals surface area contributed by atoms with Gasteiger partial charge in [0.1, 0.15) is 11.0 Å². The summed E-state index contributed by atoms with van der Waals surface area (Å²) in [7, 11) is -3.73. The van der Waals surface area contributed by atoms with Gasteiger partial charge >= 0.3 is 0 Å². The van der Waals surface area contributed by atoms with Crippen LogP contribution in [0.4, 0.5) is 0 Å². The topological polar surface area (TPSA) is 104 Å². The first-order valence-electron chi connectivity index (χ1n) is 6.80. The first-order chi connectivity index (χ1) is 10.1. The predicted octanol–water partition coefficient (Wildman–Crippen LogP) is 0.000180. The van der Waals surface area contributed by atoms with Gasteiger partial charge in [0.25, 0.3) is 0 Å². The third-order valence-electron chi connectivity index (χ3n) is 3.20. The lowest BCUT2D eigenvalue weighted by molar-refractivity contribution is 0.0367. The summed E-state index contributed by atoms with van der Waals surface area (Å²) in [5.41, 5.74) is -0.107. The van der Waals surface area contributed by atoms with E-state index in [0.29, 0.717) is 6.61 Å². The molecule has 114 valence electrons. The summed E-state index contributed by atoms with van der Waals surface area (Å²) in [6, 6.07) is 4.63. The van der Waals surface area contributed by atoms with Crippen molar-refractivity contribution in [3.05, 3.63) is 24.0 Å². The van der Waals surface area contributed by atoms with Gasteiger partial charge in [-0.15, -0.1) is 0 Å². The molecule has 0 spiro atoms. The molecule has 1 aromatic heterocycles. The fourth-order valence-electron chi connectivity index (χ4n) is 2.13. The van der Waals surface area contributed by atoms with Crippen LogP contribution in [0.5, 0.6) is 0 Å². The van der Waals surface area contributed by atoms with Gasteiger partial charge in [0.15, 0.2) is 5.69 Å². The largest absolute Gasteiger partial charge is 0.377 e. The molecule has 1 aromatic rings. The van der Waals surface area contributed by atoms with E-state index in [1.807, 2.05) is 0 Å². The number of nitrogens with zero attached hydrogens (tertiary/aromatic N) is 2. The highest BCUT2D eigenvalue weighted by atomic mass is 32.2. The van der Waals surface area contributed by atoms with Gasteiger partial charge in [0.2, 0.25) is 10.0 Å². The van der Waals surface area contributed by atoms with E-state index >= 15 is 0 Å². The SMILES string of the molecule is N#Cc1ncccc1S(=O)(=O)NCCOC1CCNCC1. The number of hydrogen-bond donors (Lipinski definition) is 2. The molecule has 8 heteroatoms. The number of nitrogens with one attached hydrogen (secondary N) is 2. The van der Waals surface area contributed by atoms with Gasteiger partial charge in [-0.25, -0.2) is 18.1 Å². The van der Waals surface area contributed by atoms with E-state index in [2.05, 4.69) is 15.0 Å². The molecule has 0 aromatic carbocycles. The molecule has 1 saturated heterocycles. The highest BCUT2D eigenvalue weighted by Crippen LogP contribution is 2.11. The Morgan fingerprint density at radius 3 is 2.95 bits per heavy atom. The molecule has 0 aliphatic carbocycles. The number of rotatable bonds is 6. The van der Waals surface area contributed by atoms with Crippen molar-refractivity contribution in [1.29, 1.82) is 5.26 Å². The van der Waals surface area contributed by atoms with Crippen LogP contribution in [0.2, 0.25) is 0 Å². The van der Waals surface area contributed by atoms with Gasteiger partial charge in [-0.2, -0.15) is 5.26 Å². The number of piperidine rings is 1. The molecule has 2 heterocycles. The fraction of sp³-hybridized carbons (Fsp3) is 0.538. The molecule has 0 atom stereocenters. The fourth-order valence-corrected chi connectivity index (χ4v) is 3.25. The minimum absolute atomic E-state index is 0.102. The molecule has 2 N–H and O–H groups in total. The normalized spacial score (nSPS) is 16.5. The van der Waals surface area contributed by atoms with E-state index in [4.69, 9.17) is 10.00 Å². The van der Waals surface area contributed by atoms with Crippen molar-refractivity contribution in [2.75, 3.05) is 26.2 Å². The van der Waals surface area contributed by atoms with Crippen molar-refractivity contribution >= 4 is 10.0 Å². The molecule has 0 unspecified atom stereocenters. The van der Waals surface area contributed by atoms with Crippen LogP contribution in [-0.4, -0.2) is 45.7 Å². The zero-order valence-corrected chi connectivity index (χ0v) is 12.4. The smallest absolute Gasteiger partial charge is 0.243 e. The van der Waals surface area contributed by atoms with Crippen molar-refractivity contribution in [3.63, 3.8) is 0 Å². The summed E-state index contributed by atoms with van der Waals surface area (Å²) < 4.78 is 32.2. The molecule has 0 radical (unpaired) electrons. The molecule has 0 bridgehead atoms. The molecule has 1 aliphatic rings. The lowest BCUT2D eigenvalue weighted by atomic mass is 10.1. The van der Waals surface area contributed by atoms with Crippen LogP contribution in [0.3, 0.4) is 0 Å². The summed E-state index contributed by atoms with van der Waals surface area (Å²) in [6.45, 7) is 2.34. The highest BCUT2D eigenvalue weighted by molar-refractivity contribution is 7.89. The molecule has 0 saturated carbocycles. The number of ether oxygens (including phenoxy) is 1. The summed E-state index contributed by atoms with van der Waals surface area (Å²) >= 11 is 0. The van der Waals surface area contributed by atoms with E-state index < -0.39 is 10.0 Å². The Labute approximate surface area is 124 Å². The van der Waals surface area contributed by atoms with Gasteiger partial charge in [0, 0.05) is 12.7 Å². The molecule has 21 heavy (non-hydrogen) atoms. The molecule has 1 aliphatic heterocycles. The van der Waals surface area contributed by atoms with Gasteiger partial charge in [-0.05, 0) is 38.1 Å². The van der Waals surface area contributed by atoms with Crippen LogP contribution >= 0.6 is 0 Å². The van der Waals surface area contributed by atoms with E-state index in [1.54, 1.807) is 6.07 Å². The second-order valence-electron chi connectivity index (χ2n) is 4.68. The Morgan fingerprint density at radius 2 is 2.24 bits per heavy atom. The molecular weight excluding hydrogens is 292 g/mol. The van der Waals surface area contributed by atoms with Crippen molar-refractivity contribution < 1.29 is 13.2 Å². The average molecular weight is 310 g/mol. The minimum atomic E-state index is -3.73. The molecular formula is C13H18N4O3S. The molecule has 7 nitrogen and oxygen atoms in total. The highest BCUT2D eigenvalue weighted by Gasteiger charge is 2.19. The number of aromatic nitrogens is 1. The van der Waals surface area contributed by atoms with E-state index in [-0.39, 0.29) is 23.2 Å². The first-order valence-corrected chi connectivity index (χ1v) is 8.29. The maximum Gasteiger partial charge on any atom is 0.243 e. The third-order valence-corrected chi connectivity index (χ3v) is 4.69. The predicted molar refractivity (Wildman–Crippen MR) is 76.0 cm³/mol.